The molecule has 0 saturated carbocycles. The third-order valence-corrected chi connectivity index (χ3v) is 4.52. The lowest BCUT2D eigenvalue weighted by atomic mass is 10.1. The molecule has 0 atom stereocenters. The van der Waals surface area contributed by atoms with Gasteiger partial charge in [-0.2, -0.15) is 0 Å². The van der Waals surface area contributed by atoms with Gasteiger partial charge in [0.05, 0.1) is 11.4 Å². The summed E-state index contributed by atoms with van der Waals surface area (Å²) in [6.07, 6.45) is 0. The van der Waals surface area contributed by atoms with Gasteiger partial charge in [-0.15, -0.1) is 0 Å². The number of carbonyl (C=O) groups excluding carboxylic acids is 4. The van der Waals surface area contributed by atoms with Crippen LogP contribution in [0.4, 0.5) is 11.4 Å². The van der Waals surface area contributed by atoms with Crippen molar-refractivity contribution in [1.82, 2.24) is 0 Å². The van der Waals surface area contributed by atoms with Gasteiger partial charge in [-0.1, -0.05) is 24.3 Å². The van der Waals surface area contributed by atoms with Crippen LogP contribution in [-0.2, 0) is 0 Å². The van der Waals surface area contributed by atoms with Gasteiger partial charge in [0.15, 0.2) is 11.6 Å². The number of hydrogen-bond donors (Lipinski definition) is 2. The second-order valence-electron chi connectivity index (χ2n) is 6.69. The first-order chi connectivity index (χ1) is 14.4. The summed E-state index contributed by atoms with van der Waals surface area (Å²) in [6, 6.07) is 19.6. The highest BCUT2D eigenvalue weighted by molar-refractivity contribution is 6.11. The first-order valence-corrected chi connectivity index (χ1v) is 9.29. The molecular weight excluding hydrogens is 380 g/mol. The number of amides is 2. The van der Waals surface area contributed by atoms with Gasteiger partial charge in [0.25, 0.3) is 11.8 Å². The summed E-state index contributed by atoms with van der Waals surface area (Å²) < 4.78 is 0. The van der Waals surface area contributed by atoms with E-state index in [1.165, 1.54) is 38.1 Å². The maximum atomic E-state index is 12.5. The normalized spacial score (nSPS) is 10.2. The number of anilines is 2. The highest BCUT2D eigenvalue weighted by Crippen LogP contribution is 2.19. The number of hydrogen-bond acceptors (Lipinski definition) is 4. The molecule has 150 valence electrons. The van der Waals surface area contributed by atoms with Gasteiger partial charge < -0.3 is 10.6 Å². The summed E-state index contributed by atoms with van der Waals surface area (Å²) in [5.74, 6) is -1.08. The van der Waals surface area contributed by atoms with Crippen molar-refractivity contribution in [2.24, 2.45) is 0 Å². The molecule has 2 N–H and O–H groups in total. The Labute approximate surface area is 173 Å². The van der Waals surface area contributed by atoms with Gasteiger partial charge in [-0.25, -0.2) is 0 Å². The Balaban J connectivity index is 1.74. The van der Waals surface area contributed by atoms with E-state index in [1.54, 1.807) is 48.5 Å². The topological polar surface area (TPSA) is 92.3 Å². The molecular formula is C24H20N2O4. The highest BCUT2D eigenvalue weighted by Gasteiger charge is 2.14. The molecule has 3 aromatic rings. The van der Waals surface area contributed by atoms with E-state index in [2.05, 4.69) is 10.6 Å². The maximum Gasteiger partial charge on any atom is 0.255 e. The molecule has 3 aromatic carbocycles. The zero-order valence-electron chi connectivity index (χ0n) is 16.6. The Hall–Kier alpha value is -4.06. The molecule has 0 aromatic heterocycles. The van der Waals surface area contributed by atoms with Crippen LogP contribution in [0.25, 0.3) is 0 Å². The van der Waals surface area contributed by atoms with E-state index in [4.69, 9.17) is 0 Å². The monoisotopic (exact) mass is 400 g/mol. The smallest absolute Gasteiger partial charge is 0.255 e. The van der Waals surface area contributed by atoms with Crippen LogP contribution in [0.3, 0.4) is 0 Å². The minimum atomic E-state index is -0.391. The molecule has 30 heavy (non-hydrogen) atoms. The van der Waals surface area contributed by atoms with Crippen LogP contribution >= 0.6 is 0 Å². The van der Waals surface area contributed by atoms with Crippen LogP contribution < -0.4 is 10.6 Å². The predicted octanol–water partition coefficient (Wildman–Crippen LogP) is 4.60. The molecule has 0 unspecified atom stereocenters. The molecule has 0 spiro atoms. The van der Waals surface area contributed by atoms with Crippen molar-refractivity contribution in [3.05, 3.63) is 95.1 Å². The summed E-state index contributed by atoms with van der Waals surface area (Å²) in [4.78, 5) is 48.4. The number of rotatable bonds is 6. The van der Waals surface area contributed by atoms with Crippen LogP contribution in [0.5, 0.6) is 0 Å². The minimum absolute atomic E-state index is 0.149. The van der Waals surface area contributed by atoms with E-state index in [0.29, 0.717) is 33.6 Å². The number of Topliss-reactive ketones (excluding diaryl/α,β-unsaturated/α-hetero) is 2. The molecule has 3 rings (SSSR count). The molecule has 0 aliphatic heterocycles. The van der Waals surface area contributed by atoms with Crippen molar-refractivity contribution < 1.29 is 19.2 Å². The molecule has 6 heteroatoms. The number of benzene rings is 3. The van der Waals surface area contributed by atoms with Crippen molar-refractivity contribution in [1.29, 1.82) is 0 Å². The largest absolute Gasteiger partial charge is 0.321 e. The van der Waals surface area contributed by atoms with Crippen molar-refractivity contribution in [3.63, 3.8) is 0 Å². The fourth-order valence-corrected chi connectivity index (χ4v) is 2.96. The third-order valence-electron chi connectivity index (χ3n) is 4.52. The van der Waals surface area contributed by atoms with Crippen molar-refractivity contribution in [3.8, 4) is 0 Å². The predicted molar refractivity (Wildman–Crippen MR) is 115 cm³/mol. The molecule has 2 amide bonds. The molecule has 6 nitrogen and oxygen atoms in total. The first-order valence-electron chi connectivity index (χ1n) is 9.29. The van der Waals surface area contributed by atoms with Crippen LogP contribution in [-0.4, -0.2) is 23.4 Å². The summed E-state index contributed by atoms with van der Waals surface area (Å²) in [5, 5.41) is 5.44. The van der Waals surface area contributed by atoms with Crippen LogP contribution in [0.1, 0.15) is 55.3 Å². The maximum absolute atomic E-state index is 12.5. The van der Waals surface area contributed by atoms with E-state index in [9.17, 15) is 19.2 Å². The fourth-order valence-electron chi connectivity index (χ4n) is 2.96. The Kier molecular flexibility index (Phi) is 6.17. The number of nitrogens with one attached hydrogen (secondary N) is 2. The molecule has 0 aliphatic carbocycles. The molecule has 0 fully saturated rings. The van der Waals surface area contributed by atoms with Crippen LogP contribution in [0.2, 0.25) is 0 Å². The number of ketones is 2. The minimum Gasteiger partial charge on any atom is -0.321 e. The summed E-state index contributed by atoms with van der Waals surface area (Å²) >= 11 is 0. The second-order valence-corrected chi connectivity index (χ2v) is 6.69. The second kappa shape index (κ2) is 8.96. The summed E-state index contributed by atoms with van der Waals surface area (Å²) in [5.41, 5.74) is 2.38. The quantitative estimate of drug-likeness (QED) is 0.592. The van der Waals surface area contributed by atoms with Crippen molar-refractivity contribution in [2.75, 3.05) is 10.6 Å². The first kappa shape index (κ1) is 20.7. The van der Waals surface area contributed by atoms with Gasteiger partial charge in [0, 0.05) is 22.3 Å². The van der Waals surface area contributed by atoms with Crippen molar-refractivity contribution in [2.45, 2.75) is 13.8 Å². The molecule has 0 aliphatic rings. The summed E-state index contributed by atoms with van der Waals surface area (Å²) in [7, 11) is 0. The van der Waals surface area contributed by atoms with Gasteiger partial charge in [-0.05, 0) is 62.4 Å². The Morgan fingerprint density at radius 1 is 0.533 bits per heavy atom. The average Bonchev–Trinajstić information content (AvgIpc) is 2.74. The van der Waals surface area contributed by atoms with E-state index in [1.807, 2.05) is 0 Å². The van der Waals surface area contributed by atoms with Gasteiger partial charge in [-0.3, -0.25) is 19.2 Å². The van der Waals surface area contributed by atoms with E-state index >= 15 is 0 Å². The lowest BCUT2D eigenvalue weighted by Gasteiger charge is -2.11. The van der Waals surface area contributed by atoms with E-state index in [-0.39, 0.29) is 11.6 Å². The standard InChI is InChI=1S/C24H20N2O4/c1-15(27)19-7-3-5-9-21(19)25-23(29)17-11-13-18(14-12-17)24(30)26-22-10-6-4-8-20(22)16(2)28/h3-14H,1-2H3,(H,25,29)(H,26,30). The van der Waals surface area contributed by atoms with E-state index in [0.717, 1.165) is 0 Å². The third kappa shape index (κ3) is 4.67. The van der Waals surface area contributed by atoms with Crippen LogP contribution in [0.15, 0.2) is 72.8 Å². The Morgan fingerprint density at radius 3 is 1.20 bits per heavy atom. The fraction of sp³-hybridized carbons (Fsp3) is 0.0833. The number of carbonyl (C=O) groups is 4. The van der Waals surface area contributed by atoms with Gasteiger partial charge in [0.2, 0.25) is 0 Å². The molecule has 0 heterocycles. The van der Waals surface area contributed by atoms with Gasteiger partial charge >= 0.3 is 0 Å². The zero-order valence-corrected chi connectivity index (χ0v) is 16.6. The lowest BCUT2D eigenvalue weighted by Crippen LogP contribution is -2.16. The Bertz CT molecular complexity index is 1040. The van der Waals surface area contributed by atoms with Crippen molar-refractivity contribution >= 4 is 34.8 Å². The molecule has 0 saturated heterocycles. The highest BCUT2D eigenvalue weighted by atomic mass is 16.2. The lowest BCUT2D eigenvalue weighted by molar-refractivity contribution is 0.1000. The SMILES string of the molecule is CC(=O)c1ccccc1NC(=O)c1ccc(C(=O)Nc2ccccc2C(C)=O)cc1. The van der Waals surface area contributed by atoms with Crippen LogP contribution in [0, 0.1) is 0 Å². The Morgan fingerprint density at radius 2 is 0.867 bits per heavy atom. The molecule has 0 bridgehead atoms. The average molecular weight is 400 g/mol. The van der Waals surface area contributed by atoms with Gasteiger partial charge in [0.1, 0.15) is 0 Å². The zero-order chi connectivity index (χ0) is 21.7. The van der Waals surface area contributed by atoms with E-state index < -0.39 is 11.8 Å². The molecule has 0 radical (unpaired) electrons. The summed E-state index contributed by atoms with van der Waals surface area (Å²) in [6.45, 7) is 2.87. The number of para-hydroxylation sites is 2.